The Bertz CT molecular complexity index is 349. The van der Waals surface area contributed by atoms with Gasteiger partial charge in [-0.2, -0.15) is 0 Å². The highest BCUT2D eigenvalue weighted by Crippen LogP contribution is 2.27. The number of nitrogens with two attached hydrogens (primary N) is 1. The van der Waals surface area contributed by atoms with Crippen molar-refractivity contribution in [3.05, 3.63) is 33.8 Å². The Kier molecular flexibility index (Phi) is 6.02. The highest BCUT2D eigenvalue weighted by atomic mass is 79.9. The Balaban J connectivity index is 2.87. The van der Waals surface area contributed by atoms with Crippen LogP contribution in [-0.4, -0.2) is 0 Å². The van der Waals surface area contributed by atoms with E-state index in [1.54, 1.807) is 0 Å². The first-order chi connectivity index (χ1) is 8.10. The molecule has 1 atom stereocenters. The predicted octanol–water partition coefficient (Wildman–Crippen LogP) is 3.81. The van der Waals surface area contributed by atoms with Crippen LogP contribution in [0.3, 0.4) is 0 Å². The largest absolute Gasteiger partial charge is 0.271 e. The van der Waals surface area contributed by atoms with Gasteiger partial charge in [0.1, 0.15) is 11.6 Å². The number of halogens is 3. The minimum atomic E-state index is -0.573. The van der Waals surface area contributed by atoms with Crippen LogP contribution < -0.4 is 11.3 Å². The number of hydrogen-bond donors (Lipinski definition) is 2. The molecule has 0 aliphatic rings. The molecule has 1 aromatic carbocycles. The number of benzene rings is 1. The number of hydrogen-bond acceptors (Lipinski definition) is 2. The molecule has 2 nitrogen and oxygen atoms in total. The standard InChI is InChI=1S/C12H17BrF2N2/c1-2-3-4-5-11(17-16)12-9(14)6-8(13)7-10(12)15/h6-7,11,17H,2-5,16H2,1H3. The fourth-order valence-corrected chi connectivity index (χ4v) is 2.20. The molecule has 3 N–H and O–H groups in total. The molecule has 5 heteroatoms. The molecular weight excluding hydrogens is 290 g/mol. The van der Waals surface area contributed by atoms with Gasteiger partial charge in [-0.3, -0.25) is 11.3 Å². The average molecular weight is 307 g/mol. The molecule has 0 bridgehead atoms. The first-order valence-electron chi connectivity index (χ1n) is 5.70. The average Bonchev–Trinajstić information content (AvgIpc) is 2.25. The Hall–Kier alpha value is -0.520. The van der Waals surface area contributed by atoms with Crippen LogP contribution in [0.5, 0.6) is 0 Å². The number of nitrogens with one attached hydrogen (secondary N) is 1. The van der Waals surface area contributed by atoms with Gasteiger partial charge in [0.15, 0.2) is 0 Å². The van der Waals surface area contributed by atoms with Crippen LogP contribution in [0.15, 0.2) is 16.6 Å². The third-order valence-corrected chi connectivity index (χ3v) is 3.15. The molecule has 1 rings (SSSR count). The molecular formula is C12H17BrF2N2. The van der Waals surface area contributed by atoms with Crippen molar-refractivity contribution >= 4 is 15.9 Å². The molecule has 0 aliphatic heterocycles. The Morgan fingerprint density at radius 2 is 1.88 bits per heavy atom. The second-order valence-corrected chi connectivity index (χ2v) is 4.91. The van der Waals surface area contributed by atoms with Gasteiger partial charge in [-0.25, -0.2) is 8.78 Å². The summed E-state index contributed by atoms with van der Waals surface area (Å²) in [5.74, 6) is 4.22. The minimum absolute atomic E-state index is 0.0202. The highest BCUT2D eigenvalue weighted by Gasteiger charge is 2.19. The summed E-state index contributed by atoms with van der Waals surface area (Å²) in [6.07, 6.45) is 3.60. The highest BCUT2D eigenvalue weighted by molar-refractivity contribution is 9.10. The summed E-state index contributed by atoms with van der Waals surface area (Å²) in [5, 5.41) is 0. The van der Waals surface area contributed by atoms with Crippen LogP contribution in [0.1, 0.15) is 44.2 Å². The summed E-state index contributed by atoms with van der Waals surface area (Å²) < 4.78 is 27.8. The molecule has 0 saturated carbocycles. The van der Waals surface area contributed by atoms with Crippen molar-refractivity contribution in [1.82, 2.24) is 5.43 Å². The van der Waals surface area contributed by atoms with Crippen LogP contribution in [-0.2, 0) is 0 Å². The second kappa shape index (κ2) is 7.03. The van der Waals surface area contributed by atoms with E-state index in [9.17, 15) is 8.78 Å². The maximum Gasteiger partial charge on any atom is 0.132 e. The van der Waals surface area contributed by atoms with Crippen LogP contribution >= 0.6 is 15.9 Å². The topological polar surface area (TPSA) is 38.0 Å². The van der Waals surface area contributed by atoms with E-state index in [1.165, 1.54) is 12.1 Å². The normalized spacial score (nSPS) is 12.8. The monoisotopic (exact) mass is 306 g/mol. The molecule has 0 fully saturated rings. The van der Waals surface area contributed by atoms with Crippen LogP contribution in [0.25, 0.3) is 0 Å². The molecule has 0 spiro atoms. The summed E-state index contributed by atoms with van der Waals surface area (Å²) >= 11 is 3.05. The van der Waals surface area contributed by atoms with E-state index >= 15 is 0 Å². The first-order valence-corrected chi connectivity index (χ1v) is 6.50. The zero-order valence-corrected chi connectivity index (χ0v) is 11.4. The summed E-state index contributed by atoms with van der Waals surface area (Å²) in [4.78, 5) is 0. The van der Waals surface area contributed by atoms with Gasteiger partial charge in [0.05, 0.1) is 6.04 Å². The lowest BCUT2D eigenvalue weighted by molar-refractivity contribution is 0.438. The van der Waals surface area contributed by atoms with E-state index < -0.39 is 17.7 Å². The van der Waals surface area contributed by atoms with Crippen molar-refractivity contribution in [2.75, 3.05) is 0 Å². The third-order valence-electron chi connectivity index (χ3n) is 2.69. The Morgan fingerprint density at radius 3 is 2.35 bits per heavy atom. The molecule has 0 saturated heterocycles. The van der Waals surface area contributed by atoms with E-state index in [4.69, 9.17) is 5.84 Å². The zero-order valence-electron chi connectivity index (χ0n) is 9.77. The van der Waals surface area contributed by atoms with Crippen molar-refractivity contribution in [1.29, 1.82) is 0 Å². The lowest BCUT2D eigenvalue weighted by Gasteiger charge is -2.17. The second-order valence-electron chi connectivity index (χ2n) is 4.00. The Morgan fingerprint density at radius 1 is 1.29 bits per heavy atom. The molecule has 0 radical (unpaired) electrons. The van der Waals surface area contributed by atoms with E-state index in [2.05, 4.69) is 28.3 Å². The van der Waals surface area contributed by atoms with Gasteiger partial charge >= 0.3 is 0 Å². The predicted molar refractivity (Wildman–Crippen MR) is 68.3 cm³/mol. The van der Waals surface area contributed by atoms with Gasteiger partial charge < -0.3 is 0 Å². The molecule has 96 valence electrons. The van der Waals surface area contributed by atoms with Crippen LogP contribution in [0.4, 0.5) is 8.78 Å². The lowest BCUT2D eigenvalue weighted by atomic mass is 10.00. The maximum atomic E-state index is 13.7. The van der Waals surface area contributed by atoms with Crippen molar-refractivity contribution in [2.45, 2.75) is 38.6 Å². The Labute approximate surface area is 109 Å². The van der Waals surface area contributed by atoms with Crippen molar-refractivity contribution < 1.29 is 8.78 Å². The van der Waals surface area contributed by atoms with Gasteiger partial charge in [0.25, 0.3) is 0 Å². The van der Waals surface area contributed by atoms with Gasteiger partial charge in [0, 0.05) is 10.0 Å². The summed E-state index contributed by atoms with van der Waals surface area (Å²) in [6, 6.07) is 2.03. The maximum absolute atomic E-state index is 13.7. The summed E-state index contributed by atoms with van der Waals surface area (Å²) in [5.41, 5.74) is 2.50. The minimum Gasteiger partial charge on any atom is -0.271 e. The SMILES string of the molecule is CCCCCC(NN)c1c(F)cc(Br)cc1F. The third kappa shape index (κ3) is 4.01. The van der Waals surface area contributed by atoms with E-state index in [1.807, 2.05) is 0 Å². The first kappa shape index (κ1) is 14.5. The van der Waals surface area contributed by atoms with Gasteiger partial charge in [0.2, 0.25) is 0 Å². The molecule has 1 unspecified atom stereocenters. The smallest absolute Gasteiger partial charge is 0.132 e. The molecule has 0 aromatic heterocycles. The van der Waals surface area contributed by atoms with Gasteiger partial charge in [-0.1, -0.05) is 42.1 Å². The number of hydrazine groups is 1. The fraction of sp³-hybridized carbons (Fsp3) is 0.500. The lowest BCUT2D eigenvalue weighted by Crippen LogP contribution is -2.29. The number of unbranched alkanes of at least 4 members (excludes halogenated alkanes) is 2. The molecule has 0 heterocycles. The van der Waals surface area contributed by atoms with Crippen molar-refractivity contribution in [3.8, 4) is 0 Å². The molecule has 0 amide bonds. The van der Waals surface area contributed by atoms with Crippen molar-refractivity contribution in [2.24, 2.45) is 5.84 Å². The van der Waals surface area contributed by atoms with E-state index in [0.29, 0.717) is 10.9 Å². The quantitative estimate of drug-likeness (QED) is 0.476. The zero-order chi connectivity index (χ0) is 12.8. The molecule has 17 heavy (non-hydrogen) atoms. The number of rotatable bonds is 6. The molecule has 1 aromatic rings. The van der Waals surface area contributed by atoms with E-state index in [-0.39, 0.29) is 5.56 Å². The van der Waals surface area contributed by atoms with Crippen LogP contribution in [0, 0.1) is 11.6 Å². The molecule has 0 aliphatic carbocycles. The van der Waals surface area contributed by atoms with Gasteiger partial charge in [-0.05, 0) is 18.6 Å². The fourth-order valence-electron chi connectivity index (χ4n) is 1.80. The van der Waals surface area contributed by atoms with Gasteiger partial charge in [-0.15, -0.1) is 0 Å². The van der Waals surface area contributed by atoms with Crippen molar-refractivity contribution in [3.63, 3.8) is 0 Å². The van der Waals surface area contributed by atoms with E-state index in [0.717, 1.165) is 19.3 Å². The summed E-state index contributed by atoms with van der Waals surface area (Å²) in [6.45, 7) is 2.08. The summed E-state index contributed by atoms with van der Waals surface area (Å²) in [7, 11) is 0. The van der Waals surface area contributed by atoms with Crippen LogP contribution in [0.2, 0.25) is 0 Å².